The summed E-state index contributed by atoms with van der Waals surface area (Å²) in [4.78, 5) is 10.9. The summed E-state index contributed by atoms with van der Waals surface area (Å²) in [7, 11) is -3.53. The normalized spacial score (nSPS) is 11.3. The van der Waals surface area contributed by atoms with Crippen molar-refractivity contribution in [2.75, 3.05) is 12.4 Å². The zero-order chi connectivity index (χ0) is 18.6. The van der Waals surface area contributed by atoms with E-state index in [1.807, 2.05) is 0 Å². The molecule has 0 saturated carbocycles. The van der Waals surface area contributed by atoms with Crippen LogP contribution in [0.3, 0.4) is 0 Å². The second kappa shape index (κ2) is 7.76. The number of carboxylic acid groups (broad SMARTS) is 1. The summed E-state index contributed by atoms with van der Waals surface area (Å²) in [5, 5.41) is 18.6. The van der Waals surface area contributed by atoms with Gasteiger partial charge in [0.1, 0.15) is 17.1 Å². The fourth-order valence-electron chi connectivity index (χ4n) is 2.19. The van der Waals surface area contributed by atoms with E-state index in [2.05, 4.69) is 0 Å². The Balaban J connectivity index is 1.96. The Morgan fingerprint density at radius 2 is 1.96 bits per heavy atom. The number of carboxylic acids is 1. The van der Waals surface area contributed by atoms with Gasteiger partial charge in [0.15, 0.2) is 9.84 Å². The second-order valence-corrected chi connectivity index (χ2v) is 7.85. The number of ether oxygens (including phenoxy) is 1. The van der Waals surface area contributed by atoms with E-state index in [1.165, 1.54) is 24.3 Å². The highest BCUT2D eigenvalue weighted by atomic mass is 35.5. The van der Waals surface area contributed by atoms with Crippen LogP contribution in [0.25, 0.3) is 0 Å². The zero-order valence-corrected chi connectivity index (χ0v) is 15.0. The Morgan fingerprint density at radius 1 is 1.24 bits per heavy atom. The second-order valence-electron chi connectivity index (χ2n) is 5.39. The largest absolute Gasteiger partial charge is 0.507 e. The minimum absolute atomic E-state index is 0.0918. The average molecular weight is 385 g/mol. The van der Waals surface area contributed by atoms with Crippen molar-refractivity contribution in [2.45, 2.75) is 18.2 Å². The molecule has 0 amide bonds. The van der Waals surface area contributed by atoms with Gasteiger partial charge in [0.2, 0.25) is 0 Å². The lowest BCUT2D eigenvalue weighted by Gasteiger charge is -2.10. The van der Waals surface area contributed by atoms with Gasteiger partial charge in [-0.05, 0) is 37.1 Å². The summed E-state index contributed by atoms with van der Waals surface area (Å²) in [5.41, 5.74) is 0.456. The minimum Gasteiger partial charge on any atom is -0.507 e. The van der Waals surface area contributed by atoms with Crippen molar-refractivity contribution in [3.05, 3.63) is 52.5 Å². The maximum absolute atomic E-state index is 12.3. The van der Waals surface area contributed by atoms with Crippen LogP contribution in [-0.2, 0) is 9.84 Å². The molecule has 0 heterocycles. The smallest absolute Gasteiger partial charge is 0.339 e. The minimum atomic E-state index is -3.53. The van der Waals surface area contributed by atoms with Gasteiger partial charge in [0, 0.05) is 6.07 Å². The van der Waals surface area contributed by atoms with Crippen LogP contribution in [-0.4, -0.2) is 37.0 Å². The summed E-state index contributed by atoms with van der Waals surface area (Å²) < 4.78 is 30.0. The van der Waals surface area contributed by atoms with E-state index >= 15 is 0 Å². The Bertz CT molecular complexity index is 892. The van der Waals surface area contributed by atoms with Gasteiger partial charge < -0.3 is 14.9 Å². The van der Waals surface area contributed by atoms with Gasteiger partial charge in [-0.3, -0.25) is 0 Å². The van der Waals surface area contributed by atoms with Crippen LogP contribution in [0.2, 0.25) is 5.02 Å². The molecule has 0 atom stereocenters. The number of halogens is 1. The van der Waals surface area contributed by atoms with Gasteiger partial charge in [-0.25, -0.2) is 13.2 Å². The molecule has 0 saturated heterocycles. The number of benzene rings is 2. The number of carbonyl (C=O) groups is 1. The van der Waals surface area contributed by atoms with Crippen LogP contribution in [0.4, 0.5) is 0 Å². The number of rotatable bonds is 7. The molecule has 2 aromatic rings. The van der Waals surface area contributed by atoms with Gasteiger partial charge in [0.05, 0.1) is 22.3 Å². The standard InChI is InChI=1S/C17H17ClO6S/c1-11-4-2-5-15(16(11)18)25(22,23)9-3-8-24-12-6-7-13(17(20)21)14(19)10-12/h2,4-7,10,19H,3,8-9H2,1H3,(H,20,21). The topological polar surface area (TPSA) is 101 Å². The van der Waals surface area contributed by atoms with Crippen molar-refractivity contribution in [2.24, 2.45) is 0 Å². The Morgan fingerprint density at radius 3 is 2.60 bits per heavy atom. The summed E-state index contributed by atoms with van der Waals surface area (Å²) >= 11 is 6.06. The van der Waals surface area contributed by atoms with Crippen molar-refractivity contribution in [1.29, 1.82) is 0 Å². The van der Waals surface area contributed by atoms with Crippen molar-refractivity contribution in [3.8, 4) is 11.5 Å². The maximum Gasteiger partial charge on any atom is 0.339 e. The quantitative estimate of drug-likeness (QED) is 0.710. The Hall–Kier alpha value is -2.25. The van der Waals surface area contributed by atoms with E-state index in [0.29, 0.717) is 5.56 Å². The number of phenols is 1. The van der Waals surface area contributed by atoms with Crippen LogP contribution in [0, 0.1) is 6.92 Å². The molecular formula is C17H17ClO6S. The Labute approximate surface area is 150 Å². The molecule has 0 bridgehead atoms. The van der Waals surface area contributed by atoms with E-state index < -0.39 is 21.6 Å². The van der Waals surface area contributed by atoms with E-state index in [0.717, 1.165) is 0 Å². The zero-order valence-electron chi connectivity index (χ0n) is 13.4. The van der Waals surface area contributed by atoms with Crippen molar-refractivity contribution >= 4 is 27.4 Å². The lowest BCUT2D eigenvalue weighted by molar-refractivity contribution is 0.0693. The lowest BCUT2D eigenvalue weighted by atomic mass is 10.2. The number of aromatic hydroxyl groups is 1. The van der Waals surface area contributed by atoms with E-state index in [4.69, 9.17) is 21.4 Å². The summed E-state index contributed by atoms with van der Waals surface area (Å²) in [6.07, 6.45) is 0.216. The number of aryl methyl sites for hydroxylation is 1. The molecule has 2 aromatic carbocycles. The molecule has 134 valence electrons. The fraction of sp³-hybridized carbons (Fsp3) is 0.235. The third-order valence-electron chi connectivity index (χ3n) is 3.52. The maximum atomic E-state index is 12.3. The molecule has 0 aliphatic heterocycles. The molecular weight excluding hydrogens is 368 g/mol. The van der Waals surface area contributed by atoms with Gasteiger partial charge >= 0.3 is 5.97 Å². The first-order valence-electron chi connectivity index (χ1n) is 7.39. The molecule has 0 unspecified atom stereocenters. The number of sulfone groups is 1. The molecule has 6 nitrogen and oxygen atoms in total. The highest BCUT2D eigenvalue weighted by Gasteiger charge is 2.18. The van der Waals surface area contributed by atoms with Crippen molar-refractivity contribution in [3.63, 3.8) is 0 Å². The average Bonchev–Trinajstić information content (AvgIpc) is 2.53. The molecule has 0 aliphatic rings. The van der Waals surface area contributed by atoms with E-state index in [9.17, 15) is 18.3 Å². The Kier molecular flexibility index (Phi) is 5.92. The van der Waals surface area contributed by atoms with Crippen LogP contribution < -0.4 is 4.74 Å². The summed E-state index contributed by atoms with van der Waals surface area (Å²) in [6, 6.07) is 8.63. The molecule has 2 rings (SSSR count). The monoisotopic (exact) mass is 384 g/mol. The van der Waals surface area contributed by atoms with Gasteiger partial charge in [-0.1, -0.05) is 23.7 Å². The molecule has 2 N–H and O–H groups in total. The molecule has 0 aromatic heterocycles. The first kappa shape index (κ1) is 19.1. The van der Waals surface area contributed by atoms with Crippen molar-refractivity contribution < 1.29 is 28.2 Å². The lowest BCUT2D eigenvalue weighted by Crippen LogP contribution is -2.11. The molecule has 0 radical (unpaired) electrons. The molecule has 25 heavy (non-hydrogen) atoms. The number of hydrogen-bond donors (Lipinski definition) is 2. The highest BCUT2D eigenvalue weighted by Crippen LogP contribution is 2.26. The molecule has 0 aliphatic carbocycles. The van der Waals surface area contributed by atoms with E-state index in [-0.39, 0.29) is 40.0 Å². The van der Waals surface area contributed by atoms with Gasteiger partial charge in [0.25, 0.3) is 0 Å². The van der Waals surface area contributed by atoms with Gasteiger partial charge in [-0.2, -0.15) is 0 Å². The highest BCUT2D eigenvalue weighted by molar-refractivity contribution is 7.91. The van der Waals surface area contributed by atoms with Crippen LogP contribution >= 0.6 is 11.6 Å². The van der Waals surface area contributed by atoms with Crippen LogP contribution in [0.5, 0.6) is 11.5 Å². The van der Waals surface area contributed by atoms with Gasteiger partial charge in [-0.15, -0.1) is 0 Å². The third kappa shape index (κ3) is 4.64. The van der Waals surface area contributed by atoms with E-state index in [1.54, 1.807) is 19.1 Å². The van der Waals surface area contributed by atoms with Crippen molar-refractivity contribution in [1.82, 2.24) is 0 Å². The fourth-order valence-corrected chi connectivity index (χ4v) is 4.11. The molecule has 8 heteroatoms. The van der Waals surface area contributed by atoms with Crippen LogP contribution in [0.1, 0.15) is 22.3 Å². The first-order chi connectivity index (χ1) is 11.7. The third-order valence-corrected chi connectivity index (χ3v) is 5.97. The molecule has 0 fully saturated rings. The SMILES string of the molecule is Cc1cccc(S(=O)(=O)CCCOc2ccc(C(=O)O)c(O)c2)c1Cl. The molecule has 0 spiro atoms. The summed E-state index contributed by atoms with van der Waals surface area (Å²) in [5.74, 6) is -1.54. The van der Waals surface area contributed by atoms with Crippen LogP contribution in [0.15, 0.2) is 41.3 Å². The summed E-state index contributed by atoms with van der Waals surface area (Å²) in [6.45, 7) is 1.83. The first-order valence-corrected chi connectivity index (χ1v) is 9.42. The predicted octanol–water partition coefficient (Wildman–Crippen LogP) is 3.30. The predicted molar refractivity (Wildman–Crippen MR) is 93.4 cm³/mol. The number of hydrogen-bond acceptors (Lipinski definition) is 5. The number of aromatic carboxylic acids is 1.